The van der Waals surface area contributed by atoms with Crippen molar-refractivity contribution in [3.63, 3.8) is 0 Å². The second-order valence-electron chi connectivity index (χ2n) is 10.6. The number of benzene rings is 4. The summed E-state index contributed by atoms with van der Waals surface area (Å²) in [5.74, 6) is -7.81. The Kier molecular flexibility index (Phi) is 5.17. The number of hydrogen-bond donors (Lipinski definition) is 0. The Labute approximate surface area is 348 Å². The van der Waals surface area contributed by atoms with Gasteiger partial charge in [0.2, 0.25) is 5.91 Å². The smallest absolute Gasteiger partial charge is 0.383 e. The number of ether oxygens (including phenoxy) is 1. The van der Waals surface area contributed by atoms with Crippen LogP contribution in [0, 0.1) is 18.6 Å². The topological polar surface area (TPSA) is 54.8 Å². The second-order valence-corrected chi connectivity index (χ2v) is 11.6. The van der Waals surface area contributed by atoms with E-state index < -0.39 is 239 Å². The van der Waals surface area contributed by atoms with E-state index >= 15 is 9.18 Å². The number of thioether (sulfide) groups is 1. The Morgan fingerprint density at radius 2 is 1.79 bits per heavy atom. The molecule has 1 fully saturated rings. The van der Waals surface area contributed by atoms with E-state index in [2.05, 4.69) is 4.74 Å². The van der Waals surface area contributed by atoms with Crippen molar-refractivity contribution in [3.05, 3.63) is 135 Å². The first kappa shape index (κ1) is 16.5. The highest BCUT2D eigenvalue weighted by Crippen LogP contribution is 2.32. The molecule has 5 aromatic rings. The van der Waals surface area contributed by atoms with Crippen LogP contribution in [0.1, 0.15) is 73.4 Å². The van der Waals surface area contributed by atoms with Gasteiger partial charge in [-0.05, 0) is 72.2 Å². The van der Waals surface area contributed by atoms with Crippen LogP contribution >= 0.6 is 11.8 Å². The zero-order valence-electron chi connectivity index (χ0n) is 54.8. The maximum Gasteiger partial charge on any atom is 0.416 e. The summed E-state index contributed by atoms with van der Waals surface area (Å²) in [5, 5.41) is -2.32. The van der Waals surface area contributed by atoms with E-state index in [1.165, 1.54) is 0 Å². The fourth-order valence-electron chi connectivity index (χ4n) is 4.50. The van der Waals surface area contributed by atoms with Gasteiger partial charge in [-0.25, -0.2) is 8.78 Å². The molecule has 1 aromatic heterocycles. The number of rotatable bonds is 12. The quantitative estimate of drug-likeness (QED) is 0.0938. The van der Waals surface area contributed by atoms with Crippen molar-refractivity contribution < 1.29 is 69.9 Å². The molecule has 6 rings (SSSR count). The molecule has 0 N–H and O–H groups in total. The van der Waals surface area contributed by atoms with E-state index in [0.29, 0.717) is 6.07 Å². The summed E-state index contributed by atoms with van der Waals surface area (Å²) in [5.41, 5.74) is -10.2. The van der Waals surface area contributed by atoms with Crippen LogP contribution in [0.15, 0.2) is 100 Å². The molecule has 278 valence electrons. The van der Waals surface area contributed by atoms with Crippen LogP contribution in [0.2, 0.25) is 0 Å². The molecule has 0 bridgehead atoms. The third-order valence-electron chi connectivity index (χ3n) is 7.15. The highest BCUT2D eigenvalue weighted by atomic mass is 32.2. The fraction of sp³-hybridized carbons (Fsp3) is 0.317. The molecule has 0 aliphatic carbocycles. The number of carbonyl (C=O) groups is 1. The number of carbonyl (C=O) groups excluding carboxylic acids is 1. The molecule has 4 aromatic carbocycles. The number of piperidine rings is 1. The number of aromatic nitrogens is 1. The largest absolute Gasteiger partial charge is 0.416 e. The molecule has 1 amide bonds. The fourth-order valence-corrected chi connectivity index (χ4v) is 5.41. The Morgan fingerprint density at radius 3 is 2.53 bits per heavy atom. The van der Waals surface area contributed by atoms with E-state index in [0.717, 1.165) is 6.92 Å². The lowest BCUT2D eigenvalue weighted by atomic mass is 9.97. The lowest BCUT2D eigenvalue weighted by molar-refractivity contribution is -0.137. The van der Waals surface area contributed by atoms with Gasteiger partial charge in [-0.3, -0.25) is 9.59 Å². The van der Waals surface area contributed by atoms with Crippen molar-refractivity contribution in [3.8, 4) is 11.1 Å². The van der Waals surface area contributed by atoms with Crippen molar-refractivity contribution >= 4 is 28.6 Å². The maximum atomic E-state index is 15.9. The minimum absolute atomic E-state index is 0.125. The van der Waals surface area contributed by atoms with E-state index in [4.69, 9.17) is 28.8 Å². The summed E-state index contributed by atoms with van der Waals surface area (Å²) in [6.45, 7) is -16.7. The highest BCUT2D eigenvalue weighted by Gasteiger charge is 2.31. The number of nitrogens with zero attached hydrogens (tertiary/aromatic N) is 3. The van der Waals surface area contributed by atoms with Gasteiger partial charge >= 0.3 is 6.18 Å². The van der Waals surface area contributed by atoms with Crippen LogP contribution in [0.3, 0.4) is 0 Å². The van der Waals surface area contributed by atoms with Crippen molar-refractivity contribution in [2.45, 2.75) is 55.7 Å². The second kappa shape index (κ2) is 16.7. The Balaban J connectivity index is 1.75. The van der Waals surface area contributed by atoms with Gasteiger partial charge in [-0.1, -0.05) is 54.4 Å². The molecule has 0 atom stereocenters. The summed E-state index contributed by atoms with van der Waals surface area (Å²) < 4.78 is 320. The predicted molar refractivity (Wildman–Crippen MR) is 198 cm³/mol. The van der Waals surface area contributed by atoms with Crippen LogP contribution in [0.25, 0.3) is 22.0 Å². The van der Waals surface area contributed by atoms with Gasteiger partial charge in [0, 0.05) is 72.9 Å². The zero-order valence-corrected chi connectivity index (χ0v) is 27.6. The summed E-state index contributed by atoms with van der Waals surface area (Å²) in [6, 6.07) is -23.4. The highest BCUT2D eigenvalue weighted by molar-refractivity contribution is 7.98. The number of amides is 1. The minimum Gasteiger partial charge on any atom is -0.383 e. The average molecular weight is 778 g/mol. The van der Waals surface area contributed by atoms with Gasteiger partial charge in [0.1, 0.15) is 6.50 Å². The molecule has 0 spiro atoms. The normalized spacial score (nSPS) is 26.7. The number of para-hydroxylation sites is 1. The van der Waals surface area contributed by atoms with Gasteiger partial charge in [0.15, 0.2) is 17.1 Å². The van der Waals surface area contributed by atoms with Crippen molar-refractivity contribution in [1.29, 1.82) is 0 Å². The van der Waals surface area contributed by atoms with Crippen LogP contribution in [-0.2, 0) is 34.5 Å². The van der Waals surface area contributed by atoms with Crippen molar-refractivity contribution in [1.82, 2.24) is 14.4 Å². The SMILES string of the molecule is [2H]c1cc2c(=O)c([2H])c(SCc3c([2H])c([2H])c([2H])c(F)c3F)n(C([2H])([2H])C(=O)N(Cc3c([2H])c([2H])c(-c4c([2H])c([2H])c(C(F)(F)F)c([2H])c4[2H])c([2H])c3C)C3([2H])C([2H])([2H])C([2H])([2H])N(CCOC([2H])([2H])[2H])C([2H])([2H])C3([2H])[2H])c2c([2H])c1[2H]. The third kappa shape index (κ3) is 9.00. The molecule has 1 aliphatic heterocycles. The first-order valence-electron chi connectivity index (χ1n) is 28.8. The Hall–Kier alpha value is -4.52. The lowest BCUT2D eigenvalue weighted by Crippen LogP contribution is -2.48. The molecular weight excluding hydrogens is 710 g/mol. The standard InChI is InChI=1S/C41H40F5N3O3S/c1-27-22-29(28-12-14-32(15-13-28)41(44,45)46)10-11-30(27)24-48(33-16-18-47(19-17-33)20-21-52-2)38(51)25-49-36-9-4-3-7-34(36)37(50)23-39(49)53-26-31-6-5-8-35(42)40(31)43/h3-15,22-23,33H,16-21,24-26H2,1-2H3/i2D3,3D,4D,5D,6D,8D,9D,10D,11D,12D,13D,14D,15D,16D2,17D2,18D2,19D2,22D,23D,25D2,33D. The molecule has 12 heteroatoms. The number of alkyl halides is 3. The first-order chi connectivity index (χ1) is 36.6. The monoisotopic (exact) mass is 777 g/mol. The molecule has 6 nitrogen and oxygen atoms in total. The third-order valence-corrected chi connectivity index (χ3v) is 8.14. The number of methoxy groups -OCH3 is 1. The van der Waals surface area contributed by atoms with Crippen LogP contribution in [0.5, 0.6) is 0 Å². The molecule has 1 saturated heterocycles. The summed E-state index contributed by atoms with van der Waals surface area (Å²) in [7, 11) is -3.28. The van der Waals surface area contributed by atoms with Gasteiger partial charge in [-0.15, -0.1) is 11.8 Å². The van der Waals surface area contributed by atoms with Crippen molar-refractivity contribution in [2.75, 3.05) is 33.2 Å². The predicted octanol–water partition coefficient (Wildman–Crippen LogP) is 8.71. The van der Waals surface area contributed by atoms with E-state index in [1.54, 1.807) is 0 Å². The number of halogens is 5. The van der Waals surface area contributed by atoms with Crippen LogP contribution in [0.4, 0.5) is 22.0 Å². The van der Waals surface area contributed by atoms with Crippen LogP contribution < -0.4 is 5.43 Å². The number of likely N-dealkylation sites (tertiary alicyclic amines) is 1. The first-order valence-corrected chi connectivity index (χ1v) is 15.8. The lowest BCUT2D eigenvalue weighted by Gasteiger charge is -2.39. The van der Waals surface area contributed by atoms with Crippen molar-refractivity contribution in [2.24, 2.45) is 0 Å². The van der Waals surface area contributed by atoms with Crippen LogP contribution in [-0.4, -0.2) is 59.5 Å². The Morgan fingerprint density at radius 1 is 1.04 bits per heavy atom. The van der Waals surface area contributed by atoms with E-state index in [1.807, 2.05) is 0 Å². The van der Waals surface area contributed by atoms with E-state index in [-0.39, 0.29) is 21.2 Å². The van der Waals surface area contributed by atoms with Gasteiger partial charge in [-0.2, -0.15) is 13.2 Å². The van der Waals surface area contributed by atoms with Gasteiger partial charge in [0.05, 0.1) is 50.1 Å². The molecule has 2 heterocycles. The molecule has 1 aliphatic rings. The number of hydrogen-bond acceptors (Lipinski definition) is 5. The number of pyridine rings is 1. The Bertz CT molecular complexity index is 3430. The molecule has 0 radical (unpaired) electrons. The summed E-state index contributed by atoms with van der Waals surface area (Å²) in [4.78, 5) is 29.0. The molecule has 53 heavy (non-hydrogen) atoms. The molecular formula is C41H40F5N3O3S. The summed E-state index contributed by atoms with van der Waals surface area (Å²) in [6.07, 6.45) is -14.6. The zero-order chi connectivity index (χ0) is 62.3. The molecule has 0 unspecified atom stereocenters. The van der Waals surface area contributed by atoms with E-state index in [9.17, 15) is 32.0 Å². The minimum atomic E-state index is -5.51. The molecule has 0 saturated carbocycles. The van der Waals surface area contributed by atoms with Gasteiger partial charge in [0.25, 0.3) is 0 Å². The maximum absolute atomic E-state index is 15.9. The summed E-state index contributed by atoms with van der Waals surface area (Å²) >= 11 is -0.127. The van der Waals surface area contributed by atoms with Gasteiger partial charge < -0.3 is 19.1 Å². The average Bonchev–Trinajstić information content (AvgIpc) is 3.53. The number of fused-ring (bicyclic) bond motifs is 1.